The Morgan fingerprint density at radius 3 is 2.52 bits per heavy atom. The molecule has 0 aliphatic heterocycles. The van der Waals surface area contributed by atoms with Gasteiger partial charge in [-0.15, -0.1) is 0 Å². The lowest BCUT2D eigenvalue weighted by atomic mass is 10.1. The Balaban J connectivity index is 1.76. The zero-order valence-electron chi connectivity index (χ0n) is 13.5. The van der Waals surface area contributed by atoms with Crippen molar-refractivity contribution < 1.29 is 4.79 Å². The van der Waals surface area contributed by atoms with Gasteiger partial charge >= 0.3 is 0 Å². The van der Waals surface area contributed by atoms with E-state index in [2.05, 4.69) is 18.0 Å². The molecule has 3 rings (SSSR count). The van der Waals surface area contributed by atoms with Crippen molar-refractivity contribution in [1.29, 1.82) is 0 Å². The quantitative estimate of drug-likeness (QED) is 0.728. The van der Waals surface area contributed by atoms with Crippen LogP contribution in [0.25, 0.3) is 10.9 Å². The van der Waals surface area contributed by atoms with Gasteiger partial charge in [0.05, 0.1) is 5.52 Å². The van der Waals surface area contributed by atoms with Gasteiger partial charge in [-0.05, 0) is 47.9 Å². The summed E-state index contributed by atoms with van der Waals surface area (Å²) < 4.78 is 0. The normalized spacial score (nSPS) is 10.7. The first-order valence-corrected chi connectivity index (χ1v) is 7.85. The number of pyridine rings is 1. The van der Waals surface area contributed by atoms with Gasteiger partial charge in [0.25, 0.3) is 5.91 Å². The number of carbonyl (C=O) groups is 1. The van der Waals surface area contributed by atoms with Crippen LogP contribution in [0.2, 0.25) is 0 Å². The SMILES string of the molecule is CCc1ccc(C(=O)N(C)Cc2ccc3ncccc3c2)cc1. The molecule has 1 aromatic heterocycles. The monoisotopic (exact) mass is 304 g/mol. The molecule has 0 spiro atoms. The van der Waals surface area contributed by atoms with Crippen LogP contribution in [0.1, 0.15) is 28.4 Å². The molecule has 0 aliphatic rings. The van der Waals surface area contributed by atoms with Crippen LogP contribution in [0.3, 0.4) is 0 Å². The van der Waals surface area contributed by atoms with E-state index in [0.29, 0.717) is 6.54 Å². The molecular weight excluding hydrogens is 284 g/mol. The third-order valence-corrected chi connectivity index (χ3v) is 4.04. The molecule has 1 heterocycles. The molecule has 0 saturated heterocycles. The minimum absolute atomic E-state index is 0.0407. The zero-order chi connectivity index (χ0) is 16.2. The zero-order valence-corrected chi connectivity index (χ0v) is 13.5. The molecule has 23 heavy (non-hydrogen) atoms. The lowest BCUT2D eigenvalue weighted by molar-refractivity contribution is 0.0785. The minimum Gasteiger partial charge on any atom is -0.337 e. The summed E-state index contributed by atoms with van der Waals surface area (Å²) in [7, 11) is 1.84. The second-order valence-corrected chi connectivity index (χ2v) is 5.74. The molecule has 3 aromatic rings. The van der Waals surface area contributed by atoms with Crippen molar-refractivity contribution in [3.63, 3.8) is 0 Å². The minimum atomic E-state index is 0.0407. The summed E-state index contributed by atoms with van der Waals surface area (Å²) in [6, 6.07) is 17.9. The Morgan fingerprint density at radius 2 is 1.78 bits per heavy atom. The van der Waals surface area contributed by atoms with E-state index in [9.17, 15) is 4.79 Å². The van der Waals surface area contributed by atoms with E-state index in [1.54, 1.807) is 11.1 Å². The smallest absolute Gasteiger partial charge is 0.253 e. The predicted molar refractivity (Wildman–Crippen MR) is 93.4 cm³/mol. The molecule has 0 aliphatic carbocycles. The van der Waals surface area contributed by atoms with E-state index in [1.165, 1.54) is 5.56 Å². The molecule has 0 N–H and O–H groups in total. The lowest BCUT2D eigenvalue weighted by Crippen LogP contribution is -2.26. The molecule has 116 valence electrons. The van der Waals surface area contributed by atoms with Crippen LogP contribution in [0.15, 0.2) is 60.8 Å². The number of carbonyl (C=O) groups excluding carboxylic acids is 1. The van der Waals surface area contributed by atoms with Gasteiger partial charge in [-0.1, -0.05) is 31.2 Å². The third-order valence-electron chi connectivity index (χ3n) is 4.04. The number of amides is 1. The number of nitrogens with zero attached hydrogens (tertiary/aromatic N) is 2. The van der Waals surface area contributed by atoms with Crippen molar-refractivity contribution in [1.82, 2.24) is 9.88 Å². The summed E-state index contributed by atoms with van der Waals surface area (Å²) in [4.78, 5) is 18.6. The number of benzene rings is 2. The standard InChI is InChI=1S/C20H20N2O/c1-3-15-6-9-17(10-7-15)20(23)22(2)14-16-8-11-19-18(13-16)5-4-12-21-19/h4-13H,3,14H2,1-2H3. The number of aryl methyl sites for hydroxylation is 1. The summed E-state index contributed by atoms with van der Waals surface area (Å²) in [5.74, 6) is 0.0407. The van der Waals surface area contributed by atoms with E-state index in [4.69, 9.17) is 0 Å². The number of fused-ring (bicyclic) bond motifs is 1. The van der Waals surface area contributed by atoms with Crippen molar-refractivity contribution in [2.24, 2.45) is 0 Å². The third kappa shape index (κ3) is 3.39. The average Bonchev–Trinajstić information content (AvgIpc) is 2.61. The highest BCUT2D eigenvalue weighted by Crippen LogP contribution is 2.16. The summed E-state index contributed by atoms with van der Waals surface area (Å²) in [6.07, 6.45) is 2.77. The van der Waals surface area contributed by atoms with E-state index in [1.807, 2.05) is 55.6 Å². The van der Waals surface area contributed by atoms with Gasteiger partial charge in [-0.25, -0.2) is 0 Å². The van der Waals surface area contributed by atoms with Gasteiger partial charge in [0.1, 0.15) is 0 Å². The van der Waals surface area contributed by atoms with Crippen molar-refractivity contribution in [3.8, 4) is 0 Å². The van der Waals surface area contributed by atoms with Crippen molar-refractivity contribution in [2.75, 3.05) is 7.05 Å². The number of hydrogen-bond donors (Lipinski definition) is 0. The molecule has 3 heteroatoms. The Kier molecular flexibility index (Phi) is 4.38. The predicted octanol–water partition coefficient (Wildman–Crippen LogP) is 4.07. The molecule has 0 radical (unpaired) electrons. The molecule has 1 amide bonds. The van der Waals surface area contributed by atoms with Crippen LogP contribution < -0.4 is 0 Å². The number of rotatable bonds is 4. The fraction of sp³-hybridized carbons (Fsp3) is 0.200. The summed E-state index contributed by atoms with van der Waals surface area (Å²) in [5.41, 5.74) is 4.05. The van der Waals surface area contributed by atoms with Crippen molar-refractivity contribution in [3.05, 3.63) is 77.5 Å². The van der Waals surface area contributed by atoms with Crippen LogP contribution >= 0.6 is 0 Å². The van der Waals surface area contributed by atoms with E-state index in [-0.39, 0.29) is 5.91 Å². The Labute approximate surface area is 136 Å². The molecule has 0 fully saturated rings. The summed E-state index contributed by atoms with van der Waals surface area (Å²) >= 11 is 0. The van der Waals surface area contributed by atoms with Crippen LogP contribution in [-0.2, 0) is 13.0 Å². The molecule has 3 nitrogen and oxygen atoms in total. The van der Waals surface area contributed by atoms with Crippen LogP contribution in [-0.4, -0.2) is 22.8 Å². The highest BCUT2D eigenvalue weighted by atomic mass is 16.2. The van der Waals surface area contributed by atoms with E-state index in [0.717, 1.165) is 28.5 Å². The largest absolute Gasteiger partial charge is 0.337 e. The Morgan fingerprint density at radius 1 is 1.04 bits per heavy atom. The maximum atomic E-state index is 12.5. The van der Waals surface area contributed by atoms with Gasteiger partial charge in [-0.2, -0.15) is 0 Å². The van der Waals surface area contributed by atoms with E-state index >= 15 is 0 Å². The fourth-order valence-corrected chi connectivity index (χ4v) is 2.67. The lowest BCUT2D eigenvalue weighted by Gasteiger charge is -2.18. The number of aromatic nitrogens is 1. The number of hydrogen-bond acceptors (Lipinski definition) is 2. The maximum absolute atomic E-state index is 12.5. The highest BCUT2D eigenvalue weighted by molar-refractivity contribution is 5.94. The van der Waals surface area contributed by atoms with Crippen molar-refractivity contribution >= 4 is 16.8 Å². The van der Waals surface area contributed by atoms with Gasteiger partial charge in [0.2, 0.25) is 0 Å². The first-order valence-electron chi connectivity index (χ1n) is 7.85. The molecule has 0 bridgehead atoms. The summed E-state index contributed by atoms with van der Waals surface area (Å²) in [5, 5.41) is 1.10. The molecule has 2 aromatic carbocycles. The van der Waals surface area contributed by atoms with Crippen LogP contribution in [0.4, 0.5) is 0 Å². The highest BCUT2D eigenvalue weighted by Gasteiger charge is 2.12. The van der Waals surface area contributed by atoms with Gasteiger partial charge in [0, 0.05) is 30.7 Å². The van der Waals surface area contributed by atoms with Crippen LogP contribution in [0, 0.1) is 0 Å². The van der Waals surface area contributed by atoms with E-state index < -0.39 is 0 Å². The topological polar surface area (TPSA) is 33.2 Å². The average molecular weight is 304 g/mol. The maximum Gasteiger partial charge on any atom is 0.253 e. The second-order valence-electron chi connectivity index (χ2n) is 5.74. The van der Waals surface area contributed by atoms with Crippen LogP contribution in [0.5, 0.6) is 0 Å². The summed E-state index contributed by atoms with van der Waals surface area (Å²) in [6.45, 7) is 2.69. The van der Waals surface area contributed by atoms with Gasteiger partial charge in [-0.3, -0.25) is 9.78 Å². The first kappa shape index (κ1) is 15.2. The molecule has 0 unspecified atom stereocenters. The molecule has 0 atom stereocenters. The Hall–Kier alpha value is -2.68. The fourth-order valence-electron chi connectivity index (χ4n) is 2.67. The van der Waals surface area contributed by atoms with Crippen molar-refractivity contribution in [2.45, 2.75) is 19.9 Å². The Bertz CT molecular complexity index is 824. The first-order chi connectivity index (χ1) is 11.2. The van der Waals surface area contributed by atoms with Gasteiger partial charge < -0.3 is 4.90 Å². The molecular formula is C20H20N2O. The second kappa shape index (κ2) is 6.61. The van der Waals surface area contributed by atoms with Gasteiger partial charge in [0.15, 0.2) is 0 Å². The molecule has 0 saturated carbocycles.